The molecule has 3 N–H and O–H groups in total. The molecule has 0 radical (unpaired) electrons. The fourth-order valence-corrected chi connectivity index (χ4v) is 12.1. The number of ether oxygens (including phenoxy) is 4. The van der Waals surface area contributed by atoms with Gasteiger partial charge in [-0.15, -0.1) is 0 Å². The van der Waals surface area contributed by atoms with Crippen LogP contribution in [0.25, 0.3) is 0 Å². The Balaban J connectivity index is 5.36. The van der Waals surface area contributed by atoms with E-state index in [1.165, 1.54) is 103 Å². The van der Waals surface area contributed by atoms with Gasteiger partial charge in [0.05, 0.1) is 26.4 Å². The number of allylic oxidation sites excluding steroid dienone is 12. The number of aliphatic hydroxyl groups is 1. The maximum absolute atomic E-state index is 13.1. The van der Waals surface area contributed by atoms with Gasteiger partial charge in [-0.25, -0.2) is 9.13 Å². The molecule has 0 saturated carbocycles. The van der Waals surface area contributed by atoms with Gasteiger partial charge in [0.2, 0.25) is 0 Å². The molecule has 0 aliphatic heterocycles. The lowest BCUT2D eigenvalue weighted by Crippen LogP contribution is -2.30. The van der Waals surface area contributed by atoms with Crippen LogP contribution in [0.2, 0.25) is 0 Å². The van der Waals surface area contributed by atoms with Crippen molar-refractivity contribution in [2.75, 3.05) is 39.6 Å². The standard InChI is InChI=1S/C79H142O17P2/c1-5-9-13-17-21-25-29-33-36-40-43-47-51-55-59-63-76(81)89-69-74(95-78(83)65-61-57-53-49-45-39-32-28-24-20-16-12-8-4)71-93-97(85,86)91-67-73(80)68-92-98(87,88)94-72-75(96-79(84)66-62-58-54-50-46-42-38-35-31-27-23-19-15-11-7-3)70-90-77(82)64-60-56-52-48-44-41-37-34-30-26-22-18-14-10-6-2/h21,23,25,27-28,32-38,73-75,80H,5-20,22,24,26,29-31,39-72H2,1-4H3,(H,85,86)(H,87,88)/b25-21-,27-23-,32-28-,36-33-,37-34-,38-35-/t73-,74+,75+/m0/s1. The molecule has 0 rings (SSSR count). The van der Waals surface area contributed by atoms with Gasteiger partial charge in [0.25, 0.3) is 0 Å². The minimum absolute atomic E-state index is 0.0797. The second-order valence-electron chi connectivity index (χ2n) is 26.3. The first kappa shape index (κ1) is 94.5. The van der Waals surface area contributed by atoms with Crippen molar-refractivity contribution in [2.45, 2.75) is 367 Å². The molecular weight excluding hydrogens is 1280 g/mol. The normalized spacial score (nSPS) is 14.3. The first-order valence-electron chi connectivity index (χ1n) is 39.2. The summed E-state index contributed by atoms with van der Waals surface area (Å²) in [5.41, 5.74) is 0. The Morgan fingerprint density at radius 3 is 0.796 bits per heavy atom. The van der Waals surface area contributed by atoms with Crippen molar-refractivity contribution in [3.05, 3.63) is 72.9 Å². The maximum atomic E-state index is 13.1. The Bertz CT molecular complexity index is 2140. The van der Waals surface area contributed by atoms with Gasteiger partial charge in [-0.1, -0.05) is 255 Å². The highest BCUT2D eigenvalue weighted by Crippen LogP contribution is 2.45. The fourth-order valence-electron chi connectivity index (χ4n) is 10.6. The summed E-state index contributed by atoms with van der Waals surface area (Å²) >= 11 is 0. The summed E-state index contributed by atoms with van der Waals surface area (Å²) < 4.78 is 68.5. The predicted molar refractivity (Wildman–Crippen MR) is 400 cm³/mol. The van der Waals surface area contributed by atoms with Crippen molar-refractivity contribution in [3.63, 3.8) is 0 Å². The van der Waals surface area contributed by atoms with Gasteiger partial charge in [0.1, 0.15) is 19.3 Å². The molecule has 19 heteroatoms. The van der Waals surface area contributed by atoms with Crippen LogP contribution in [0, 0.1) is 0 Å². The Hall–Kier alpha value is -3.50. The lowest BCUT2D eigenvalue weighted by Gasteiger charge is -2.21. The van der Waals surface area contributed by atoms with E-state index in [4.69, 9.17) is 37.0 Å². The highest BCUT2D eigenvalue weighted by molar-refractivity contribution is 7.47. The molecule has 0 aliphatic carbocycles. The van der Waals surface area contributed by atoms with Crippen LogP contribution in [0.4, 0.5) is 0 Å². The fraction of sp³-hybridized carbons (Fsp3) is 0.797. The summed E-state index contributed by atoms with van der Waals surface area (Å²) in [6.45, 7) is 4.79. The maximum Gasteiger partial charge on any atom is 0.472 e. The molecule has 0 fully saturated rings. The molecule has 570 valence electrons. The molecule has 0 aliphatic rings. The molecule has 98 heavy (non-hydrogen) atoms. The molecule has 2 unspecified atom stereocenters. The topological polar surface area (TPSA) is 237 Å². The average molecular weight is 1430 g/mol. The Kier molecular flexibility index (Phi) is 69.3. The third kappa shape index (κ3) is 70.9. The highest BCUT2D eigenvalue weighted by Gasteiger charge is 2.30. The molecule has 0 spiro atoms. The van der Waals surface area contributed by atoms with Crippen LogP contribution in [0.3, 0.4) is 0 Å². The summed E-state index contributed by atoms with van der Waals surface area (Å²) in [7, 11) is -9.95. The molecule has 0 aromatic carbocycles. The number of rotatable bonds is 74. The molecule has 5 atom stereocenters. The summed E-state index contributed by atoms with van der Waals surface area (Å²) in [5, 5.41) is 10.6. The van der Waals surface area contributed by atoms with E-state index < -0.39 is 97.5 Å². The first-order valence-corrected chi connectivity index (χ1v) is 42.2. The number of esters is 4. The molecular formula is C79H142O17P2. The SMILES string of the molecule is CCCCC/C=C\C/C=C\CCCCCCCC(=O)OC[C@H](COP(=O)(O)OC[C@H](O)COP(=O)(O)OC[C@@H](COC(=O)CCCCCCC/C=C\CCCCCCCC)OC(=O)CCCCCCC/C=C\C/C=C\CCCCC)OC(=O)CCCCCCC/C=C\CCCCCC. The largest absolute Gasteiger partial charge is 0.472 e. The second-order valence-corrected chi connectivity index (χ2v) is 29.2. The number of carbonyl (C=O) groups is 4. The van der Waals surface area contributed by atoms with Gasteiger partial charge < -0.3 is 33.8 Å². The number of phosphoric acid groups is 2. The molecule has 0 saturated heterocycles. The monoisotopic (exact) mass is 1420 g/mol. The van der Waals surface area contributed by atoms with Gasteiger partial charge in [-0.3, -0.25) is 37.3 Å². The van der Waals surface area contributed by atoms with E-state index in [9.17, 15) is 43.2 Å². The van der Waals surface area contributed by atoms with Crippen LogP contribution in [0.1, 0.15) is 349 Å². The van der Waals surface area contributed by atoms with Gasteiger partial charge in [-0.2, -0.15) is 0 Å². The summed E-state index contributed by atoms with van der Waals surface area (Å²) in [4.78, 5) is 72.9. The first-order chi connectivity index (χ1) is 47.7. The van der Waals surface area contributed by atoms with Crippen molar-refractivity contribution in [1.82, 2.24) is 0 Å². The van der Waals surface area contributed by atoms with Crippen molar-refractivity contribution in [3.8, 4) is 0 Å². The number of hydrogen-bond acceptors (Lipinski definition) is 15. The quantitative estimate of drug-likeness (QED) is 0.0169. The van der Waals surface area contributed by atoms with Crippen LogP contribution < -0.4 is 0 Å². The molecule has 0 aromatic heterocycles. The third-order valence-electron chi connectivity index (χ3n) is 16.6. The number of hydrogen-bond donors (Lipinski definition) is 3. The van der Waals surface area contributed by atoms with E-state index in [1.807, 2.05) is 0 Å². The van der Waals surface area contributed by atoms with Crippen LogP contribution in [0.15, 0.2) is 72.9 Å². The van der Waals surface area contributed by atoms with Gasteiger partial charge in [-0.05, 0) is 141 Å². The predicted octanol–water partition coefficient (Wildman–Crippen LogP) is 22.4. The number of unbranched alkanes of at least 4 members (excludes halogenated alkanes) is 36. The molecule has 0 aromatic rings. The molecule has 17 nitrogen and oxygen atoms in total. The zero-order valence-corrected chi connectivity index (χ0v) is 64.0. The van der Waals surface area contributed by atoms with Gasteiger partial charge in [0.15, 0.2) is 12.2 Å². The van der Waals surface area contributed by atoms with Crippen molar-refractivity contribution in [1.29, 1.82) is 0 Å². The number of carbonyl (C=O) groups excluding carboxylic acids is 4. The Morgan fingerprint density at radius 1 is 0.286 bits per heavy atom. The van der Waals surface area contributed by atoms with Crippen molar-refractivity contribution >= 4 is 39.5 Å². The molecule has 0 bridgehead atoms. The van der Waals surface area contributed by atoms with Crippen LogP contribution in [0.5, 0.6) is 0 Å². The van der Waals surface area contributed by atoms with Crippen molar-refractivity contribution in [2.24, 2.45) is 0 Å². The average Bonchev–Trinajstić information content (AvgIpc) is 0.959. The van der Waals surface area contributed by atoms with Crippen LogP contribution in [-0.4, -0.2) is 96.7 Å². The zero-order valence-electron chi connectivity index (χ0n) is 62.2. The minimum atomic E-state index is -4.98. The number of phosphoric ester groups is 2. The zero-order chi connectivity index (χ0) is 71.8. The van der Waals surface area contributed by atoms with Crippen LogP contribution in [-0.2, 0) is 65.4 Å². The minimum Gasteiger partial charge on any atom is -0.462 e. The summed E-state index contributed by atoms with van der Waals surface area (Å²) in [6, 6.07) is 0. The number of aliphatic hydroxyl groups excluding tert-OH is 1. The summed E-state index contributed by atoms with van der Waals surface area (Å²) in [5.74, 6) is -2.20. The van der Waals surface area contributed by atoms with E-state index in [0.29, 0.717) is 25.7 Å². The third-order valence-corrected chi connectivity index (χ3v) is 18.5. The molecule has 0 amide bonds. The van der Waals surface area contributed by atoms with Crippen LogP contribution >= 0.6 is 15.6 Å². The van der Waals surface area contributed by atoms with E-state index in [2.05, 4.69) is 101 Å². The van der Waals surface area contributed by atoms with E-state index in [0.717, 1.165) is 167 Å². The molecule has 0 heterocycles. The van der Waals surface area contributed by atoms with Gasteiger partial charge in [0, 0.05) is 25.7 Å². The lowest BCUT2D eigenvalue weighted by molar-refractivity contribution is -0.161. The lowest BCUT2D eigenvalue weighted by atomic mass is 10.1. The van der Waals surface area contributed by atoms with Gasteiger partial charge >= 0.3 is 39.5 Å². The Morgan fingerprint density at radius 2 is 0.500 bits per heavy atom. The van der Waals surface area contributed by atoms with E-state index in [-0.39, 0.29) is 25.7 Å². The second kappa shape index (κ2) is 71.9. The van der Waals surface area contributed by atoms with Crippen molar-refractivity contribution < 1.29 is 80.2 Å². The van der Waals surface area contributed by atoms with E-state index >= 15 is 0 Å². The Labute approximate surface area is 596 Å². The summed E-state index contributed by atoms with van der Waals surface area (Å²) in [6.07, 6.45) is 71.6. The smallest absolute Gasteiger partial charge is 0.462 e. The van der Waals surface area contributed by atoms with E-state index in [1.54, 1.807) is 0 Å². The highest BCUT2D eigenvalue weighted by atomic mass is 31.2.